The smallest absolute Gasteiger partial charge is 0.191 e. The lowest BCUT2D eigenvalue weighted by atomic mass is 10.1. The largest absolute Gasteiger partial charge is 0.357 e. The van der Waals surface area contributed by atoms with Gasteiger partial charge in [-0.15, -0.1) is 0 Å². The number of aliphatic imine (C=N–C) groups is 1. The van der Waals surface area contributed by atoms with E-state index >= 15 is 0 Å². The van der Waals surface area contributed by atoms with Gasteiger partial charge in [-0.3, -0.25) is 0 Å². The summed E-state index contributed by atoms with van der Waals surface area (Å²) in [6.45, 7) is 6.19. The molecule has 22 heavy (non-hydrogen) atoms. The second-order valence-corrected chi connectivity index (χ2v) is 7.88. The maximum atomic E-state index is 11.6. The van der Waals surface area contributed by atoms with Gasteiger partial charge in [0.1, 0.15) is 0 Å². The number of aryl methyl sites for hydroxylation is 1. The van der Waals surface area contributed by atoms with Crippen molar-refractivity contribution >= 4 is 15.8 Å². The van der Waals surface area contributed by atoms with E-state index < -0.39 is 9.84 Å². The number of benzene rings is 1. The molecule has 1 aliphatic rings. The molecule has 0 unspecified atom stereocenters. The minimum absolute atomic E-state index is 0.388. The molecule has 0 aromatic heterocycles. The summed E-state index contributed by atoms with van der Waals surface area (Å²) in [5, 5.41) is 6.58. The summed E-state index contributed by atoms with van der Waals surface area (Å²) in [5.41, 5.74) is 1.78. The van der Waals surface area contributed by atoms with Crippen molar-refractivity contribution in [2.45, 2.75) is 38.1 Å². The van der Waals surface area contributed by atoms with E-state index in [0.717, 1.165) is 36.1 Å². The molecule has 0 aliphatic heterocycles. The number of nitrogens with zero attached hydrogens (tertiary/aromatic N) is 1. The molecule has 1 fully saturated rings. The normalized spacial score (nSPS) is 15.7. The standard InChI is InChI=1S/C16H25N3O2S/c1-4-17-16(18-10-13-5-6-13)19-11-14-7-8-15(12(2)9-14)22(3,20)21/h7-9,13H,4-6,10-11H2,1-3H3,(H2,17,18,19). The first-order chi connectivity index (χ1) is 10.4. The quantitative estimate of drug-likeness (QED) is 0.619. The van der Waals surface area contributed by atoms with Crippen LogP contribution in [0.2, 0.25) is 0 Å². The first kappa shape index (κ1) is 16.8. The third-order valence-corrected chi connectivity index (χ3v) is 4.91. The highest BCUT2D eigenvalue weighted by Crippen LogP contribution is 2.27. The van der Waals surface area contributed by atoms with E-state index in [1.807, 2.05) is 26.0 Å². The number of rotatable bonds is 6. The maximum absolute atomic E-state index is 11.6. The van der Waals surface area contributed by atoms with Crippen LogP contribution >= 0.6 is 0 Å². The van der Waals surface area contributed by atoms with Gasteiger partial charge in [-0.05, 0) is 49.8 Å². The first-order valence-corrected chi connectivity index (χ1v) is 9.61. The molecule has 0 amide bonds. The van der Waals surface area contributed by atoms with Crippen molar-refractivity contribution < 1.29 is 8.42 Å². The number of hydrogen-bond donors (Lipinski definition) is 2. The number of sulfone groups is 1. The highest BCUT2D eigenvalue weighted by molar-refractivity contribution is 7.90. The Bertz CT molecular complexity index is 649. The van der Waals surface area contributed by atoms with E-state index in [1.165, 1.54) is 19.1 Å². The van der Waals surface area contributed by atoms with Crippen LogP contribution in [0.15, 0.2) is 28.1 Å². The zero-order chi connectivity index (χ0) is 16.2. The van der Waals surface area contributed by atoms with E-state index in [0.29, 0.717) is 11.4 Å². The Labute approximate surface area is 133 Å². The van der Waals surface area contributed by atoms with Crippen LogP contribution in [-0.4, -0.2) is 33.7 Å². The predicted molar refractivity (Wildman–Crippen MR) is 89.8 cm³/mol. The fourth-order valence-corrected chi connectivity index (χ4v) is 3.26. The lowest BCUT2D eigenvalue weighted by molar-refractivity contribution is 0.601. The summed E-state index contributed by atoms with van der Waals surface area (Å²) < 4.78 is 23.2. The van der Waals surface area contributed by atoms with Crippen molar-refractivity contribution in [3.05, 3.63) is 29.3 Å². The molecule has 0 radical (unpaired) electrons. The molecule has 0 bridgehead atoms. The first-order valence-electron chi connectivity index (χ1n) is 7.72. The fourth-order valence-electron chi connectivity index (χ4n) is 2.30. The molecule has 2 N–H and O–H groups in total. The third-order valence-electron chi connectivity index (χ3n) is 3.66. The molecule has 0 heterocycles. The summed E-state index contributed by atoms with van der Waals surface area (Å²) in [6, 6.07) is 5.39. The maximum Gasteiger partial charge on any atom is 0.191 e. The van der Waals surface area contributed by atoms with E-state index in [1.54, 1.807) is 6.07 Å². The van der Waals surface area contributed by atoms with Crippen LogP contribution < -0.4 is 10.6 Å². The molecule has 5 nitrogen and oxygen atoms in total. The molecule has 0 atom stereocenters. The Balaban J connectivity index is 2.04. The molecule has 1 aliphatic carbocycles. The average Bonchev–Trinajstić information content (AvgIpc) is 3.24. The van der Waals surface area contributed by atoms with Crippen LogP contribution in [0, 0.1) is 12.8 Å². The van der Waals surface area contributed by atoms with E-state index in [4.69, 9.17) is 0 Å². The fraction of sp³-hybridized carbons (Fsp3) is 0.562. The minimum atomic E-state index is -3.16. The Kier molecular flexibility index (Phi) is 5.45. The van der Waals surface area contributed by atoms with Crippen molar-refractivity contribution in [2.75, 3.05) is 19.3 Å². The molecule has 1 aromatic carbocycles. The van der Waals surface area contributed by atoms with Crippen molar-refractivity contribution in [3.8, 4) is 0 Å². The Morgan fingerprint density at radius 1 is 1.32 bits per heavy atom. The van der Waals surface area contributed by atoms with Crippen LogP contribution in [0.1, 0.15) is 30.9 Å². The van der Waals surface area contributed by atoms with E-state index in [2.05, 4.69) is 15.6 Å². The van der Waals surface area contributed by atoms with Crippen LogP contribution in [0.5, 0.6) is 0 Å². The van der Waals surface area contributed by atoms with Crippen molar-refractivity contribution in [1.82, 2.24) is 10.6 Å². The van der Waals surface area contributed by atoms with Crippen LogP contribution in [-0.2, 0) is 16.4 Å². The summed E-state index contributed by atoms with van der Waals surface area (Å²) in [6.07, 6.45) is 3.84. The average molecular weight is 323 g/mol. The summed E-state index contributed by atoms with van der Waals surface area (Å²) in [5.74, 6) is 1.61. The molecule has 122 valence electrons. The van der Waals surface area contributed by atoms with Gasteiger partial charge in [-0.1, -0.05) is 12.1 Å². The van der Waals surface area contributed by atoms with Crippen molar-refractivity contribution in [2.24, 2.45) is 10.9 Å². The Hall–Kier alpha value is -1.56. The van der Waals surface area contributed by atoms with Gasteiger partial charge >= 0.3 is 0 Å². The molecule has 6 heteroatoms. The lowest BCUT2D eigenvalue weighted by Gasteiger charge is -2.11. The van der Waals surface area contributed by atoms with Gasteiger partial charge in [0, 0.05) is 19.3 Å². The minimum Gasteiger partial charge on any atom is -0.357 e. The van der Waals surface area contributed by atoms with Gasteiger partial charge < -0.3 is 10.6 Å². The van der Waals surface area contributed by atoms with Gasteiger partial charge in [0.2, 0.25) is 0 Å². The molecule has 2 rings (SSSR count). The zero-order valence-electron chi connectivity index (χ0n) is 13.5. The molecule has 0 saturated heterocycles. The zero-order valence-corrected chi connectivity index (χ0v) is 14.3. The molecule has 1 saturated carbocycles. The lowest BCUT2D eigenvalue weighted by Crippen LogP contribution is -2.38. The van der Waals surface area contributed by atoms with Crippen molar-refractivity contribution in [3.63, 3.8) is 0 Å². The third kappa shape index (κ3) is 5.02. The topological polar surface area (TPSA) is 70.6 Å². The van der Waals surface area contributed by atoms with Gasteiger partial charge in [0.05, 0.1) is 11.4 Å². The molecule has 1 aromatic rings. The van der Waals surface area contributed by atoms with Crippen LogP contribution in [0.3, 0.4) is 0 Å². The second-order valence-electron chi connectivity index (χ2n) is 5.89. The SMILES string of the molecule is CCNC(=NCc1ccc(S(C)(=O)=O)c(C)c1)NCC1CC1. The molecular weight excluding hydrogens is 298 g/mol. The van der Waals surface area contributed by atoms with Crippen LogP contribution in [0.25, 0.3) is 0 Å². The molecular formula is C16H25N3O2S. The van der Waals surface area contributed by atoms with Crippen molar-refractivity contribution in [1.29, 1.82) is 0 Å². The molecule has 0 spiro atoms. The summed E-state index contributed by atoms with van der Waals surface area (Å²) in [7, 11) is -3.16. The summed E-state index contributed by atoms with van der Waals surface area (Å²) in [4.78, 5) is 4.95. The van der Waals surface area contributed by atoms with E-state index in [9.17, 15) is 8.42 Å². The second kappa shape index (κ2) is 7.13. The number of guanidine groups is 1. The Morgan fingerprint density at radius 3 is 2.59 bits per heavy atom. The van der Waals surface area contributed by atoms with E-state index in [-0.39, 0.29) is 0 Å². The number of hydrogen-bond acceptors (Lipinski definition) is 3. The van der Waals surface area contributed by atoms with Gasteiger partial charge in [-0.2, -0.15) is 0 Å². The van der Waals surface area contributed by atoms with Crippen LogP contribution in [0.4, 0.5) is 0 Å². The van der Waals surface area contributed by atoms with Gasteiger partial charge in [0.15, 0.2) is 15.8 Å². The highest BCUT2D eigenvalue weighted by atomic mass is 32.2. The highest BCUT2D eigenvalue weighted by Gasteiger charge is 2.21. The predicted octanol–water partition coefficient (Wildman–Crippen LogP) is 1.86. The van der Waals surface area contributed by atoms with Gasteiger partial charge in [-0.25, -0.2) is 13.4 Å². The number of nitrogens with one attached hydrogen (secondary N) is 2. The Morgan fingerprint density at radius 2 is 2.05 bits per heavy atom. The van der Waals surface area contributed by atoms with Gasteiger partial charge in [0.25, 0.3) is 0 Å². The monoisotopic (exact) mass is 323 g/mol. The summed E-state index contributed by atoms with van der Waals surface area (Å²) >= 11 is 0.